The third-order valence-corrected chi connectivity index (χ3v) is 3.57. The number of anilines is 1. The van der Waals surface area contributed by atoms with E-state index in [-0.39, 0.29) is 0 Å². The minimum atomic E-state index is 0.653. The summed E-state index contributed by atoms with van der Waals surface area (Å²) in [4.78, 5) is 5.72. The van der Waals surface area contributed by atoms with Crippen LogP contribution >= 0.6 is 0 Å². The Morgan fingerprint density at radius 1 is 1.44 bits per heavy atom. The molecule has 3 heteroatoms. The molecule has 1 aromatic heterocycles. The van der Waals surface area contributed by atoms with Crippen molar-refractivity contribution in [2.45, 2.75) is 12.3 Å². The lowest BCUT2D eigenvalue weighted by molar-refractivity contribution is 0.412. The van der Waals surface area contributed by atoms with Gasteiger partial charge in [0.25, 0.3) is 0 Å². The Labute approximate surface area is 95.2 Å². The Morgan fingerprint density at radius 2 is 2.31 bits per heavy atom. The van der Waals surface area contributed by atoms with Crippen LogP contribution in [-0.4, -0.2) is 30.0 Å². The van der Waals surface area contributed by atoms with E-state index in [4.69, 9.17) is 5.73 Å². The first-order chi connectivity index (χ1) is 7.74. The van der Waals surface area contributed by atoms with Gasteiger partial charge in [-0.15, -0.1) is 0 Å². The van der Waals surface area contributed by atoms with Crippen LogP contribution < -0.4 is 5.73 Å². The van der Waals surface area contributed by atoms with Gasteiger partial charge in [-0.25, -0.2) is 0 Å². The molecule has 0 aliphatic carbocycles. The number of fused-ring (bicyclic) bond motifs is 1. The minimum Gasteiger partial charge on any atom is -0.399 e. The molecule has 1 aliphatic rings. The molecule has 3 rings (SSSR count). The van der Waals surface area contributed by atoms with E-state index in [1.54, 1.807) is 0 Å². The summed E-state index contributed by atoms with van der Waals surface area (Å²) in [5, 5.41) is 1.29. The Bertz CT molecular complexity index is 515. The number of nitrogens with two attached hydrogens (primary N) is 1. The van der Waals surface area contributed by atoms with Crippen LogP contribution in [0.15, 0.2) is 24.4 Å². The number of hydrogen-bond donors (Lipinski definition) is 2. The highest BCUT2D eigenvalue weighted by molar-refractivity contribution is 5.86. The fraction of sp³-hybridized carbons (Fsp3) is 0.385. The van der Waals surface area contributed by atoms with Gasteiger partial charge in [0.05, 0.1) is 0 Å². The van der Waals surface area contributed by atoms with Crippen molar-refractivity contribution in [2.24, 2.45) is 0 Å². The van der Waals surface area contributed by atoms with Crippen molar-refractivity contribution in [1.82, 2.24) is 9.88 Å². The van der Waals surface area contributed by atoms with Crippen molar-refractivity contribution in [3.8, 4) is 0 Å². The molecular formula is C13H17N3. The molecule has 1 aliphatic heterocycles. The summed E-state index contributed by atoms with van der Waals surface area (Å²) >= 11 is 0. The molecule has 2 heterocycles. The van der Waals surface area contributed by atoms with Crippen LogP contribution in [0.25, 0.3) is 10.9 Å². The standard InChI is InChI=1S/C13H17N3/c1-16-5-4-9(8-16)12-7-15-13-3-2-10(14)6-11(12)13/h2-3,6-7,9,15H,4-5,8,14H2,1H3/t9-/m0/s1. The monoisotopic (exact) mass is 215 g/mol. The molecule has 0 radical (unpaired) electrons. The molecule has 3 nitrogen and oxygen atoms in total. The Kier molecular flexibility index (Phi) is 2.14. The zero-order valence-corrected chi connectivity index (χ0v) is 9.53. The summed E-state index contributed by atoms with van der Waals surface area (Å²) in [5.41, 5.74) is 9.32. The number of benzene rings is 1. The number of nitrogens with zero attached hydrogens (tertiary/aromatic N) is 1. The topological polar surface area (TPSA) is 45.0 Å². The molecule has 3 N–H and O–H groups in total. The van der Waals surface area contributed by atoms with Gasteiger partial charge in [-0.3, -0.25) is 0 Å². The molecule has 1 fully saturated rings. The molecular weight excluding hydrogens is 198 g/mol. The fourth-order valence-electron chi connectivity index (χ4n) is 2.69. The summed E-state index contributed by atoms with van der Waals surface area (Å²) in [5.74, 6) is 0.653. The molecule has 1 aromatic carbocycles. The minimum absolute atomic E-state index is 0.653. The van der Waals surface area contributed by atoms with E-state index in [0.29, 0.717) is 5.92 Å². The number of aromatic nitrogens is 1. The maximum absolute atomic E-state index is 5.85. The summed E-state index contributed by atoms with van der Waals surface area (Å²) in [6.45, 7) is 2.35. The van der Waals surface area contributed by atoms with E-state index < -0.39 is 0 Å². The predicted octanol–water partition coefficient (Wildman–Crippen LogP) is 2.17. The van der Waals surface area contributed by atoms with E-state index in [2.05, 4.69) is 35.3 Å². The Hall–Kier alpha value is -1.48. The molecule has 0 spiro atoms. The third kappa shape index (κ3) is 1.48. The molecule has 1 atom stereocenters. The normalized spacial score (nSPS) is 21.9. The first-order valence-corrected chi connectivity index (χ1v) is 5.79. The number of aromatic amines is 1. The van der Waals surface area contributed by atoms with E-state index in [1.165, 1.54) is 29.4 Å². The molecule has 84 valence electrons. The largest absolute Gasteiger partial charge is 0.399 e. The fourth-order valence-corrected chi connectivity index (χ4v) is 2.69. The quantitative estimate of drug-likeness (QED) is 0.716. The predicted molar refractivity (Wildman–Crippen MR) is 67.6 cm³/mol. The lowest BCUT2D eigenvalue weighted by Gasteiger charge is -2.09. The maximum atomic E-state index is 5.85. The average molecular weight is 215 g/mol. The van der Waals surface area contributed by atoms with Crippen LogP contribution in [-0.2, 0) is 0 Å². The Balaban J connectivity index is 2.06. The van der Waals surface area contributed by atoms with Crippen LogP contribution in [0.4, 0.5) is 5.69 Å². The lowest BCUT2D eigenvalue weighted by Crippen LogP contribution is -2.13. The summed E-state index contributed by atoms with van der Waals surface area (Å²) in [6, 6.07) is 6.09. The van der Waals surface area contributed by atoms with Crippen LogP contribution in [0.2, 0.25) is 0 Å². The SMILES string of the molecule is CN1CC[C@H](c2c[nH]c3ccc(N)cc23)C1. The highest BCUT2D eigenvalue weighted by Crippen LogP contribution is 2.32. The van der Waals surface area contributed by atoms with Gasteiger partial charge in [0, 0.05) is 29.3 Å². The molecule has 1 saturated heterocycles. The van der Waals surface area contributed by atoms with Crippen molar-refractivity contribution in [3.05, 3.63) is 30.0 Å². The summed E-state index contributed by atoms with van der Waals surface area (Å²) in [6.07, 6.45) is 3.40. The van der Waals surface area contributed by atoms with E-state index >= 15 is 0 Å². The molecule has 0 unspecified atom stereocenters. The molecule has 0 bridgehead atoms. The van der Waals surface area contributed by atoms with Crippen molar-refractivity contribution in [2.75, 3.05) is 25.9 Å². The first-order valence-electron chi connectivity index (χ1n) is 5.79. The first kappa shape index (κ1) is 9.73. The zero-order chi connectivity index (χ0) is 11.1. The number of H-pyrrole nitrogens is 1. The van der Waals surface area contributed by atoms with Crippen molar-refractivity contribution in [1.29, 1.82) is 0 Å². The number of hydrogen-bond acceptors (Lipinski definition) is 2. The maximum Gasteiger partial charge on any atom is 0.0458 e. The van der Waals surface area contributed by atoms with Gasteiger partial charge < -0.3 is 15.6 Å². The number of nitrogen functional groups attached to an aromatic ring is 1. The highest BCUT2D eigenvalue weighted by atomic mass is 15.1. The van der Waals surface area contributed by atoms with Crippen LogP contribution in [0.5, 0.6) is 0 Å². The van der Waals surface area contributed by atoms with E-state index in [1.807, 2.05) is 6.07 Å². The van der Waals surface area contributed by atoms with Crippen molar-refractivity contribution < 1.29 is 0 Å². The highest BCUT2D eigenvalue weighted by Gasteiger charge is 2.23. The van der Waals surface area contributed by atoms with E-state index in [0.717, 1.165) is 12.2 Å². The zero-order valence-electron chi connectivity index (χ0n) is 9.53. The Morgan fingerprint density at radius 3 is 3.06 bits per heavy atom. The van der Waals surface area contributed by atoms with Gasteiger partial charge in [-0.1, -0.05) is 0 Å². The summed E-state index contributed by atoms with van der Waals surface area (Å²) in [7, 11) is 2.18. The second-order valence-corrected chi connectivity index (χ2v) is 4.80. The van der Waals surface area contributed by atoms with Gasteiger partial charge in [-0.2, -0.15) is 0 Å². The number of rotatable bonds is 1. The molecule has 16 heavy (non-hydrogen) atoms. The van der Waals surface area contributed by atoms with Gasteiger partial charge in [-0.05, 0) is 49.7 Å². The van der Waals surface area contributed by atoms with Crippen LogP contribution in [0.1, 0.15) is 17.9 Å². The van der Waals surface area contributed by atoms with Gasteiger partial charge in [0.2, 0.25) is 0 Å². The number of likely N-dealkylation sites (N-methyl/N-ethyl adjacent to an activating group) is 1. The second kappa shape index (κ2) is 3.52. The second-order valence-electron chi connectivity index (χ2n) is 4.80. The smallest absolute Gasteiger partial charge is 0.0458 e. The van der Waals surface area contributed by atoms with Gasteiger partial charge >= 0.3 is 0 Å². The molecule has 0 amide bonds. The average Bonchev–Trinajstić information content (AvgIpc) is 2.83. The van der Waals surface area contributed by atoms with Crippen molar-refractivity contribution >= 4 is 16.6 Å². The van der Waals surface area contributed by atoms with Gasteiger partial charge in [0.1, 0.15) is 0 Å². The van der Waals surface area contributed by atoms with Gasteiger partial charge in [0.15, 0.2) is 0 Å². The third-order valence-electron chi connectivity index (χ3n) is 3.57. The molecule has 2 aromatic rings. The van der Waals surface area contributed by atoms with Crippen LogP contribution in [0.3, 0.4) is 0 Å². The lowest BCUT2D eigenvalue weighted by atomic mass is 9.98. The number of likely N-dealkylation sites (tertiary alicyclic amines) is 1. The summed E-state index contributed by atoms with van der Waals surface area (Å²) < 4.78 is 0. The van der Waals surface area contributed by atoms with Crippen molar-refractivity contribution in [3.63, 3.8) is 0 Å². The van der Waals surface area contributed by atoms with E-state index in [9.17, 15) is 0 Å². The molecule has 0 saturated carbocycles. The number of nitrogens with one attached hydrogen (secondary N) is 1. The van der Waals surface area contributed by atoms with Crippen LogP contribution in [0, 0.1) is 0 Å².